The SMILES string of the molecule is CCCOc1ccc(/C(C)=N\NC(=O)c2cccc(S(=O)(=O)N(C)C)c2)cc1. The molecule has 7 nitrogen and oxygen atoms in total. The molecule has 1 N–H and O–H groups in total. The van der Waals surface area contributed by atoms with Gasteiger partial charge in [0.15, 0.2) is 0 Å². The molecular formula is C20H25N3O4S. The number of hydrazone groups is 1. The Labute approximate surface area is 166 Å². The molecule has 2 rings (SSSR count). The molecule has 0 unspecified atom stereocenters. The molecule has 0 radical (unpaired) electrons. The van der Waals surface area contributed by atoms with Crippen molar-refractivity contribution in [3.63, 3.8) is 0 Å². The summed E-state index contributed by atoms with van der Waals surface area (Å²) in [6.45, 7) is 4.47. The summed E-state index contributed by atoms with van der Waals surface area (Å²) in [5.74, 6) is 0.291. The van der Waals surface area contributed by atoms with E-state index in [1.54, 1.807) is 6.92 Å². The number of ether oxygens (including phenoxy) is 1. The minimum atomic E-state index is -3.61. The summed E-state index contributed by atoms with van der Waals surface area (Å²) < 4.78 is 31.1. The summed E-state index contributed by atoms with van der Waals surface area (Å²) in [5.41, 5.74) is 4.13. The molecule has 1 amide bonds. The van der Waals surface area contributed by atoms with E-state index in [9.17, 15) is 13.2 Å². The number of nitrogens with one attached hydrogen (secondary N) is 1. The maximum absolute atomic E-state index is 12.4. The number of carbonyl (C=O) groups excluding carboxylic acids is 1. The van der Waals surface area contributed by atoms with Crippen LogP contribution in [0, 0.1) is 0 Å². The molecule has 2 aromatic rings. The summed E-state index contributed by atoms with van der Waals surface area (Å²) in [4.78, 5) is 12.4. The Hall–Kier alpha value is -2.71. The van der Waals surface area contributed by atoms with Crippen molar-refractivity contribution in [2.24, 2.45) is 5.10 Å². The van der Waals surface area contributed by atoms with E-state index in [4.69, 9.17) is 4.74 Å². The van der Waals surface area contributed by atoms with E-state index < -0.39 is 15.9 Å². The highest BCUT2D eigenvalue weighted by Gasteiger charge is 2.18. The van der Waals surface area contributed by atoms with Crippen LogP contribution in [-0.4, -0.2) is 45.0 Å². The molecule has 28 heavy (non-hydrogen) atoms. The third-order valence-corrected chi connectivity index (χ3v) is 5.76. The second-order valence-corrected chi connectivity index (χ2v) is 8.48. The van der Waals surface area contributed by atoms with Crippen LogP contribution in [0.1, 0.15) is 36.2 Å². The van der Waals surface area contributed by atoms with Crippen LogP contribution >= 0.6 is 0 Å². The summed E-state index contributed by atoms with van der Waals surface area (Å²) in [7, 11) is -0.735. The molecule has 0 aromatic heterocycles. The van der Waals surface area contributed by atoms with Crippen molar-refractivity contribution in [3.8, 4) is 5.75 Å². The molecule has 0 heterocycles. The van der Waals surface area contributed by atoms with E-state index in [0.29, 0.717) is 12.3 Å². The van der Waals surface area contributed by atoms with Crippen molar-refractivity contribution in [1.82, 2.24) is 9.73 Å². The van der Waals surface area contributed by atoms with Gasteiger partial charge in [0.05, 0.1) is 17.2 Å². The Balaban J connectivity index is 2.10. The Bertz CT molecular complexity index is 952. The fraction of sp³-hybridized carbons (Fsp3) is 0.300. The van der Waals surface area contributed by atoms with Gasteiger partial charge in [0.1, 0.15) is 5.75 Å². The second kappa shape index (κ2) is 9.48. The zero-order chi connectivity index (χ0) is 20.7. The van der Waals surface area contributed by atoms with Crippen LogP contribution in [0.25, 0.3) is 0 Å². The van der Waals surface area contributed by atoms with Gasteiger partial charge < -0.3 is 4.74 Å². The molecule has 0 atom stereocenters. The fourth-order valence-electron chi connectivity index (χ4n) is 2.28. The topological polar surface area (TPSA) is 88.1 Å². The van der Waals surface area contributed by atoms with Crippen molar-refractivity contribution < 1.29 is 17.9 Å². The van der Waals surface area contributed by atoms with Gasteiger partial charge in [-0.05, 0) is 61.4 Å². The third kappa shape index (κ3) is 5.40. The molecule has 0 bridgehead atoms. The molecule has 0 saturated heterocycles. The fourth-order valence-corrected chi connectivity index (χ4v) is 3.23. The molecule has 0 aliphatic rings. The van der Waals surface area contributed by atoms with E-state index >= 15 is 0 Å². The van der Waals surface area contributed by atoms with Gasteiger partial charge in [-0.1, -0.05) is 13.0 Å². The number of carbonyl (C=O) groups is 1. The molecule has 0 aliphatic carbocycles. The van der Waals surface area contributed by atoms with E-state index in [-0.39, 0.29) is 10.5 Å². The lowest BCUT2D eigenvalue weighted by Crippen LogP contribution is -2.23. The maximum atomic E-state index is 12.4. The number of benzene rings is 2. The van der Waals surface area contributed by atoms with Gasteiger partial charge >= 0.3 is 0 Å². The van der Waals surface area contributed by atoms with Crippen molar-refractivity contribution in [2.45, 2.75) is 25.2 Å². The van der Waals surface area contributed by atoms with Gasteiger partial charge in [0.2, 0.25) is 10.0 Å². The van der Waals surface area contributed by atoms with Gasteiger partial charge in [-0.2, -0.15) is 5.10 Å². The highest BCUT2D eigenvalue weighted by molar-refractivity contribution is 7.89. The molecule has 8 heteroatoms. The van der Waals surface area contributed by atoms with Crippen LogP contribution in [0.2, 0.25) is 0 Å². The first-order chi connectivity index (χ1) is 13.3. The Morgan fingerprint density at radius 1 is 1.11 bits per heavy atom. The lowest BCUT2D eigenvalue weighted by atomic mass is 10.1. The average molecular weight is 404 g/mol. The number of amides is 1. The molecule has 2 aromatic carbocycles. The van der Waals surface area contributed by atoms with Crippen molar-refractivity contribution in [1.29, 1.82) is 0 Å². The average Bonchev–Trinajstić information content (AvgIpc) is 2.70. The monoisotopic (exact) mass is 403 g/mol. The van der Waals surface area contributed by atoms with Gasteiger partial charge in [0, 0.05) is 19.7 Å². The van der Waals surface area contributed by atoms with Crippen molar-refractivity contribution in [2.75, 3.05) is 20.7 Å². The predicted molar refractivity (Wildman–Crippen MR) is 109 cm³/mol. The van der Waals surface area contributed by atoms with Gasteiger partial charge in [0.25, 0.3) is 5.91 Å². The second-order valence-electron chi connectivity index (χ2n) is 6.33. The number of sulfonamides is 1. The highest BCUT2D eigenvalue weighted by atomic mass is 32.2. The summed E-state index contributed by atoms with van der Waals surface area (Å²) in [5, 5.41) is 4.11. The van der Waals surface area contributed by atoms with Crippen molar-refractivity contribution in [3.05, 3.63) is 59.7 Å². The molecule has 0 saturated carbocycles. The highest BCUT2D eigenvalue weighted by Crippen LogP contribution is 2.15. The number of nitrogens with zero attached hydrogens (tertiary/aromatic N) is 2. The maximum Gasteiger partial charge on any atom is 0.271 e. The molecule has 0 aliphatic heterocycles. The molecule has 0 fully saturated rings. The van der Waals surface area contributed by atoms with Crippen LogP contribution in [0.15, 0.2) is 58.5 Å². The van der Waals surface area contributed by atoms with Crippen LogP contribution in [0.3, 0.4) is 0 Å². The summed E-state index contributed by atoms with van der Waals surface area (Å²) >= 11 is 0. The number of rotatable bonds is 8. The lowest BCUT2D eigenvalue weighted by molar-refractivity contribution is 0.0954. The Morgan fingerprint density at radius 3 is 2.39 bits per heavy atom. The van der Waals surface area contributed by atoms with Crippen LogP contribution in [0.4, 0.5) is 0 Å². The number of hydrogen-bond donors (Lipinski definition) is 1. The quantitative estimate of drug-likeness (QED) is 0.542. The standard InChI is InChI=1S/C20H25N3O4S/c1-5-13-27-18-11-9-16(10-12-18)15(2)21-22-20(24)17-7-6-8-19(14-17)28(25,26)23(3)4/h6-12,14H,5,13H2,1-4H3,(H,22,24)/b21-15-. The zero-order valence-corrected chi connectivity index (χ0v) is 17.3. The molecular weight excluding hydrogens is 378 g/mol. The third-order valence-electron chi connectivity index (χ3n) is 3.94. The first-order valence-corrected chi connectivity index (χ1v) is 10.3. The van der Waals surface area contributed by atoms with Gasteiger partial charge in [-0.25, -0.2) is 18.1 Å². The minimum absolute atomic E-state index is 0.0496. The lowest BCUT2D eigenvalue weighted by Gasteiger charge is -2.12. The normalized spacial score (nSPS) is 12.1. The van der Waals surface area contributed by atoms with Crippen molar-refractivity contribution >= 4 is 21.6 Å². The van der Waals surface area contributed by atoms with Crippen LogP contribution < -0.4 is 10.2 Å². The van der Waals surface area contributed by atoms with Crippen LogP contribution in [-0.2, 0) is 10.0 Å². The first-order valence-electron chi connectivity index (χ1n) is 8.86. The first kappa shape index (κ1) is 21.6. The van der Waals surface area contributed by atoms with Gasteiger partial charge in [-0.3, -0.25) is 4.79 Å². The Morgan fingerprint density at radius 2 is 1.79 bits per heavy atom. The van der Waals surface area contributed by atoms with Crippen LogP contribution in [0.5, 0.6) is 5.75 Å². The van der Waals surface area contributed by atoms with E-state index in [2.05, 4.69) is 10.5 Å². The largest absolute Gasteiger partial charge is 0.494 e. The minimum Gasteiger partial charge on any atom is -0.494 e. The molecule has 150 valence electrons. The Kier molecular flexibility index (Phi) is 7.31. The summed E-state index contributed by atoms with van der Waals surface area (Å²) in [6, 6.07) is 13.3. The van der Waals surface area contributed by atoms with E-state index in [1.165, 1.54) is 38.4 Å². The smallest absolute Gasteiger partial charge is 0.271 e. The predicted octanol–water partition coefficient (Wildman–Crippen LogP) is 2.88. The zero-order valence-electron chi connectivity index (χ0n) is 16.5. The summed E-state index contributed by atoms with van der Waals surface area (Å²) in [6.07, 6.45) is 0.936. The van der Waals surface area contributed by atoms with E-state index in [1.807, 2.05) is 31.2 Å². The number of hydrogen-bond acceptors (Lipinski definition) is 5. The molecule has 0 spiro atoms. The van der Waals surface area contributed by atoms with Gasteiger partial charge in [-0.15, -0.1) is 0 Å². The van der Waals surface area contributed by atoms with E-state index in [0.717, 1.165) is 22.0 Å².